The van der Waals surface area contributed by atoms with E-state index in [1.54, 1.807) is 43.5 Å². The topological polar surface area (TPSA) is 58.9 Å². The standard InChI is InChI=1S/C13H12O4/c1-16-9-5-7-10(8-6-9)17-12-4-2-3-11(14)13(12)15/h2-8,14-15H,1H3. The summed E-state index contributed by atoms with van der Waals surface area (Å²) in [5.41, 5.74) is 0. The lowest BCUT2D eigenvalue weighted by Gasteiger charge is -2.08. The monoisotopic (exact) mass is 232 g/mol. The number of para-hydroxylation sites is 1. The van der Waals surface area contributed by atoms with Gasteiger partial charge in [0, 0.05) is 0 Å². The van der Waals surface area contributed by atoms with Crippen LogP contribution in [0, 0.1) is 0 Å². The van der Waals surface area contributed by atoms with Crippen molar-refractivity contribution in [2.45, 2.75) is 0 Å². The molecular weight excluding hydrogens is 220 g/mol. The lowest BCUT2D eigenvalue weighted by atomic mass is 10.3. The van der Waals surface area contributed by atoms with E-state index < -0.39 is 0 Å². The Labute approximate surface area is 98.7 Å². The highest BCUT2D eigenvalue weighted by Crippen LogP contribution is 2.37. The fraction of sp³-hybridized carbons (Fsp3) is 0.0769. The van der Waals surface area contributed by atoms with Crippen molar-refractivity contribution >= 4 is 0 Å². The summed E-state index contributed by atoms with van der Waals surface area (Å²) >= 11 is 0. The molecule has 2 N–H and O–H groups in total. The van der Waals surface area contributed by atoms with Gasteiger partial charge in [0.15, 0.2) is 11.5 Å². The molecule has 17 heavy (non-hydrogen) atoms. The van der Waals surface area contributed by atoms with E-state index in [0.29, 0.717) is 5.75 Å². The minimum Gasteiger partial charge on any atom is -0.504 e. The summed E-state index contributed by atoms with van der Waals surface area (Å²) < 4.78 is 10.4. The maximum absolute atomic E-state index is 9.56. The van der Waals surface area contributed by atoms with E-state index in [2.05, 4.69) is 0 Å². The van der Waals surface area contributed by atoms with E-state index in [9.17, 15) is 10.2 Å². The second-order valence-corrected chi connectivity index (χ2v) is 3.40. The summed E-state index contributed by atoms with van der Waals surface area (Å²) in [4.78, 5) is 0. The van der Waals surface area contributed by atoms with Gasteiger partial charge in [-0.3, -0.25) is 0 Å². The molecule has 0 unspecified atom stereocenters. The maximum atomic E-state index is 9.56. The number of phenols is 2. The van der Waals surface area contributed by atoms with Gasteiger partial charge in [0.25, 0.3) is 0 Å². The van der Waals surface area contributed by atoms with Crippen LogP contribution >= 0.6 is 0 Å². The largest absolute Gasteiger partial charge is 0.504 e. The molecule has 0 atom stereocenters. The zero-order valence-corrected chi connectivity index (χ0v) is 9.25. The molecule has 0 amide bonds. The number of ether oxygens (including phenoxy) is 2. The van der Waals surface area contributed by atoms with Crippen molar-refractivity contribution in [2.75, 3.05) is 7.11 Å². The van der Waals surface area contributed by atoms with Crippen LogP contribution in [-0.4, -0.2) is 17.3 Å². The molecule has 0 heterocycles. The Hall–Kier alpha value is -2.36. The number of rotatable bonds is 3. The van der Waals surface area contributed by atoms with E-state index in [1.165, 1.54) is 6.07 Å². The van der Waals surface area contributed by atoms with E-state index in [0.717, 1.165) is 5.75 Å². The van der Waals surface area contributed by atoms with Gasteiger partial charge in [0.2, 0.25) is 5.75 Å². The smallest absolute Gasteiger partial charge is 0.201 e. The summed E-state index contributed by atoms with van der Waals surface area (Å²) in [5, 5.41) is 18.9. The van der Waals surface area contributed by atoms with Crippen LogP contribution < -0.4 is 9.47 Å². The van der Waals surface area contributed by atoms with Crippen molar-refractivity contribution in [3.8, 4) is 28.7 Å². The van der Waals surface area contributed by atoms with Gasteiger partial charge < -0.3 is 19.7 Å². The molecule has 2 aromatic carbocycles. The molecule has 2 rings (SSSR count). The minimum atomic E-state index is -0.275. The Morgan fingerprint density at radius 2 is 1.53 bits per heavy atom. The van der Waals surface area contributed by atoms with Crippen LogP contribution in [-0.2, 0) is 0 Å². The number of hydrogen-bond acceptors (Lipinski definition) is 4. The van der Waals surface area contributed by atoms with Crippen LogP contribution in [0.3, 0.4) is 0 Å². The molecular formula is C13H12O4. The Morgan fingerprint density at radius 1 is 0.882 bits per heavy atom. The minimum absolute atomic E-state index is 0.204. The molecule has 0 aliphatic heterocycles. The third-order valence-electron chi connectivity index (χ3n) is 2.26. The Morgan fingerprint density at radius 3 is 2.18 bits per heavy atom. The molecule has 0 radical (unpaired) electrons. The van der Waals surface area contributed by atoms with E-state index in [4.69, 9.17) is 9.47 Å². The molecule has 0 aliphatic rings. The highest BCUT2D eigenvalue weighted by molar-refractivity contribution is 5.50. The molecule has 0 saturated carbocycles. The second kappa shape index (κ2) is 4.65. The summed E-state index contributed by atoms with van der Waals surface area (Å²) in [6.45, 7) is 0. The number of hydrogen-bond donors (Lipinski definition) is 2. The molecule has 88 valence electrons. The van der Waals surface area contributed by atoms with Crippen molar-refractivity contribution in [1.82, 2.24) is 0 Å². The van der Waals surface area contributed by atoms with Crippen molar-refractivity contribution in [2.24, 2.45) is 0 Å². The third-order valence-corrected chi connectivity index (χ3v) is 2.26. The van der Waals surface area contributed by atoms with E-state index in [1.807, 2.05) is 0 Å². The first-order valence-corrected chi connectivity index (χ1v) is 5.03. The Bertz CT molecular complexity index is 505. The lowest BCUT2D eigenvalue weighted by molar-refractivity contribution is 0.372. The fourth-order valence-corrected chi connectivity index (χ4v) is 1.36. The van der Waals surface area contributed by atoms with Crippen molar-refractivity contribution in [1.29, 1.82) is 0 Å². The number of phenolic OH excluding ortho intramolecular Hbond substituents is 2. The fourth-order valence-electron chi connectivity index (χ4n) is 1.36. The highest BCUT2D eigenvalue weighted by Gasteiger charge is 2.07. The van der Waals surface area contributed by atoms with Gasteiger partial charge in [-0.1, -0.05) is 6.07 Å². The number of methoxy groups -OCH3 is 1. The lowest BCUT2D eigenvalue weighted by Crippen LogP contribution is -1.86. The summed E-state index contributed by atoms with van der Waals surface area (Å²) in [5.74, 6) is 0.985. The van der Waals surface area contributed by atoms with Crippen LogP contribution in [0.2, 0.25) is 0 Å². The molecule has 0 aromatic heterocycles. The number of benzene rings is 2. The first-order valence-electron chi connectivity index (χ1n) is 5.03. The van der Waals surface area contributed by atoms with E-state index >= 15 is 0 Å². The third kappa shape index (κ3) is 2.42. The van der Waals surface area contributed by atoms with Crippen LogP contribution in [0.15, 0.2) is 42.5 Å². The second-order valence-electron chi connectivity index (χ2n) is 3.40. The van der Waals surface area contributed by atoms with Crippen molar-refractivity contribution < 1.29 is 19.7 Å². The summed E-state index contributed by atoms with van der Waals surface area (Å²) in [6.07, 6.45) is 0. The first-order chi connectivity index (χ1) is 8.20. The van der Waals surface area contributed by atoms with E-state index in [-0.39, 0.29) is 17.2 Å². The van der Waals surface area contributed by atoms with Gasteiger partial charge in [0.05, 0.1) is 7.11 Å². The molecule has 0 bridgehead atoms. The van der Waals surface area contributed by atoms with Crippen molar-refractivity contribution in [3.63, 3.8) is 0 Å². The first kappa shape index (κ1) is 11.1. The van der Waals surface area contributed by atoms with Crippen LogP contribution in [0.5, 0.6) is 28.7 Å². The summed E-state index contributed by atoms with van der Waals surface area (Å²) in [7, 11) is 1.58. The predicted octanol–water partition coefficient (Wildman–Crippen LogP) is 2.90. The predicted molar refractivity (Wildman–Crippen MR) is 62.8 cm³/mol. The average Bonchev–Trinajstić information content (AvgIpc) is 2.36. The van der Waals surface area contributed by atoms with Gasteiger partial charge in [-0.05, 0) is 36.4 Å². The Balaban J connectivity index is 2.22. The molecule has 0 fully saturated rings. The normalized spacial score (nSPS) is 9.94. The van der Waals surface area contributed by atoms with Gasteiger partial charge in [-0.2, -0.15) is 0 Å². The zero-order valence-electron chi connectivity index (χ0n) is 9.25. The molecule has 0 aliphatic carbocycles. The van der Waals surface area contributed by atoms with Gasteiger partial charge in [-0.25, -0.2) is 0 Å². The quantitative estimate of drug-likeness (QED) is 0.799. The summed E-state index contributed by atoms with van der Waals surface area (Å²) in [6, 6.07) is 11.5. The highest BCUT2D eigenvalue weighted by atomic mass is 16.5. The zero-order chi connectivity index (χ0) is 12.3. The van der Waals surface area contributed by atoms with Crippen molar-refractivity contribution in [3.05, 3.63) is 42.5 Å². The molecule has 0 saturated heterocycles. The van der Waals surface area contributed by atoms with Crippen LogP contribution in [0.25, 0.3) is 0 Å². The average molecular weight is 232 g/mol. The van der Waals surface area contributed by atoms with Crippen LogP contribution in [0.4, 0.5) is 0 Å². The SMILES string of the molecule is COc1ccc(Oc2cccc(O)c2O)cc1. The number of aromatic hydroxyl groups is 2. The van der Waals surface area contributed by atoms with Gasteiger partial charge in [0.1, 0.15) is 11.5 Å². The Kier molecular flexibility index (Phi) is 3.05. The van der Waals surface area contributed by atoms with Gasteiger partial charge in [-0.15, -0.1) is 0 Å². The molecule has 2 aromatic rings. The molecule has 4 nitrogen and oxygen atoms in total. The molecule has 0 spiro atoms. The van der Waals surface area contributed by atoms with Crippen LogP contribution in [0.1, 0.15) is 0 Å². The van der Waals surface area contributed by atoms with Gasteiger partial charge >= 0.3 is 0 Å². The molecule has 4 heteroatoms. The maximum Gasteiger partial charge on any atom is 0.201 e.